The molecular weight excluding hydrogens is 320 g/mol. The van der Waals surface area contributed by atoms with E-state index in [-0.39, 0.29) is 0 Å². The number of aromatic nitrogens is 2. The maximum atomic E-state index is 5.28. The summed E-state index contributed by atoms with van der Waals surface area (Å²) in [4.78, 5) is 0.958. The van der Waals surface area contributed by atoms with Crippen LogP contribution in [0.5, 0.6) is 0 Å². The van der Waals surface area contributed by atoms with Crippen LogP contribution in [0, 0.1) is 6.92 Å². The SMILES string of the molecule is Cc1nnc(-c2cc(Br)c(Br)s2)o1. The largest absolute Gasteiger partial charge is 0.420 e. The van der Waals surface area contributed by atoms with Crippen molar-refractivity contribution in [2.45, 2.75) is 6.92 Å². The second-order valence-electron chi connectivity index (χ2n) is 2.36. The molecule has 0 bridgehead atoms. The van der Waals surface area contributed by atoms with Gasteiger partial charge in [-0.05, 0) is 37.9 Å². The molecule has 0 aromatic carbocycles. The van der Waals surface area contributed by atoms with Gasteiger partial charge in [0.2, 0.25) is 5.89 Å². The van der Waals surface area contributed by atoms with Crippen molar-refractivity contribution >= 4 is 43.2 Å². The van der Waals surface area contributed by atoms with Crippen molar-refractivity contribution in [3.05, 3.63) is 20.2 Å². The topological polar surface area (TPSA) is 38.9 Å². The normalized spacial score (nSPS) is 10.7. The van der Waals surface area contributed by atoms with E-state index < -0.39 is 0 Å². The molecule has 0 amide bonds. The monoisotopic (exact) mass is 322 g/mol. The van der Waals surface area contributed by atoms with E-state index in [1.165, 1.54) is 0 Å². The van der Waals surface area contributed by atoms with Gasteiger partial charge in [0, 0.05) is 11.4 Å². The second-order valence-corrected chi connectivity index (χ2v) is 5.58. The summed E-state index contributed by atoms with van der Waals surface area (Å²) in [6, 6.07) is 1.95. The maximum absolute atomic E-state index is 5.28. The lowest BCUT2D eigenvalue weighted by atomic mass is 10.5. The maximum Gasteiger partial charge on any atom is 0.257 e. The van der Waals surface area contributed by atoms with Gasteiger partial charge in [-0.25, -0.2) is 0 Å². The lowest BCUT2D eigenvalue weighted by Crippen LogP contribution is -1.70. The van der Waals surface area contributed by atoms with E-state index in [1.807, 2.05) is 6.07 Å². The van der Waals surface area contributed by atoms with Gasteiger partial charge in [-0.2, -0.15) is 0 Å². The standard InChI is InChI=1S/C7H4Br2N2OS/c1-3-10-11-7(12-3)5-2-4(8)6(9)13-5/h2H,1H3. The average Bonchev–Trinajstić information content (AvgIpc) is 2.61. The van der Waals surface area contributed by atoms with Gasteiger partial charge in [-0.15, -0.1) is 21.5 Å². The zero-order valence-electron chi connectivity index (χ0n) is 6.54. The zero-order valence-corrected chi connectivity index (χ0v) is 10.5. The molecule has 0 saturated heterocycles. The van der Waals surface area contributed by atoms with Crippen molar-refractivity contribution in [2.24, 2.45) is 0 Å². The van der Waals surface area contributed by atoms with Gasteiger partial charge in [-0.1, -0.05) is 0 Å². The van der Waals surface area contributed by atoms with Crippen LogP contribution in [-0.2, 0) is 0 Å². The van der Waals surface area contributed by atoms with Gasteiger partial charge >= 0.3 is 0 Å². The van der Waals surface area contributed by atoms with E-state index in [2.05, 4.69) is 42.1 Å². The fourth-order valence-corrected chi connectivity index (χ4v) is 2.81. The molecule has 2 heterocycles. The van der Waals surface area contributed by atoms with Crippen LogP contribution in [0.1, 0.15) is 5.89 Å². The minimum Gasteiger partial charge on any atom is -0.420 e. The summed E-state index contributed by atoms with van der Waals surface area (Å²) in [6.45, 7) is 1.77. The lowest BCUT2D eigenvalue weighted by Gasteiger charge is -1.83. The van der Waals surface area contributed by atoms with Crippen LogP contribution in [0.25, 0.3) is 10.8 Å². The van der Waals surface area contributed by atoms with Crippen molar-refractivity contribution in [1.29, 1.82) is 0 Å². The molecule has 0 aliphatic rings. The van der Waals surface area contributed by atoms with Crippen molar-refractivity contribution in [1.82, 2.24) is 10.2 Å². The molecule has 0 aliphatic carbocycles. The van der Waals surface area contributed by atoms with Crippen LogP contribution >= 0.6 is 43.2 Å². The van der Waals surface area contributed by atoms with E-state index in [0.717, 1.165) is 13.1 Å². The second kappa shape index (κ2) is 3.51. The first-order valence-corrected chi connectivity index (χ1v) is 5.82. The Morgan fingerprint density at radius 1 is 1.38 bits per heavy atom. The van der Waals surface area contributed by atoms with Gasteiger partial charge in [0.15, 0.2) is 0 Å². The highest BCUT2D eigenvalue weighted by Crippen LogP contribution is 2.37. The summed E-state index contributed by atoms with van der Waals surface area (Å²) in [5.41, 5.74) is 0. The molecule has 2 aromatic heterocycles. The van der Waals surface area contributed by atoms with Crippen molar-refractivity contribution in [2.75, 3.05) is 0 Å². The molecular formula is C7H4Br2N2OS. The first-order valence-electron chi connectivity index (χ1n) is 3.42. The Hall–Kier alpha value is -0.200. The summed E-state index contributed by atoms with van der Waals surface area (Å²) in [5, 5.41) is 7.68. The Morgan fingerprint density at radius 2 is 2.15 bits per heavy atom. The third-order valence-corrected chi connectivity index (χ3v) is 4.63. The molecule has 2 rings (SSSR count). The average molecular weight is 324 g/mol. The molecule has 68 valence electrons. The van der Waals surface area contributed by atoms with Gasteiger partial charge in [0.05, 0.1) is 8.66 Å². The molecule has 0 aliphatic heterocycles. The number of halogens is 2. The van der Waals surface area contributed by atoms with E-state index in [1.54, 1.807) is 18.3 Å². The highest BCUT2D eigenvalue weighted by Gasteiger charge is 2.11. The molecule has 0 atom stereocenters. The number of hydrogen-bond donors (Lipinski definition) is 0. The summed E-state index contributed by atoms with van der Waals surface area (Å²) in [7, 11) is 0. The van der Waals surface area contributed by atoms with Crippen LogP contribution < -0.4 is 0 Å². The number of hydrogen-bond acceptors (Lipinski definition) is 4. The first kappa shape index (κ1) is 9.36. The Kier molecular flexibility index (Phi) is 2.53. The molecule has 2 aromatic rings. The van der Waals surface area contributed by atoms with Gasteiger partial charge in [0.25, 0.3) is 5.89 Å². The van der Waals surface area contributed by atoms with E-state index in [4.69, 9.17) is 4.42 Å². The highest BCUT2D eigenvalue weighted by molar-refractivity contribution is 9.13. The Labute approximate surface area is 95.4 Å². The van der Waals surface area contributed by atoms with Crippen LogP contribution in [0.4, 0.5) is 0 Å². The Balaban J connectivity index is 2.46. The highest BCUT2D eigenvalue weighted by atomic mass is 79.9. The van der Waals surface area contributed by atoms with Crippen molar-refractivity contribution in [3.8, 4) is 10.8 Å². The predicted molar refractivity (Wildman–Crippen MR) is 57.7 cm³/mol. The first-order chi connectivity index (χ1) is 6.16. The van der Waals surface area contributed by atoms with E-state index >= 15 is 0 Å². The van der Waals surface area contributed by atoms with Crippen LogP contribution in [0.3, 0.4) is 0 Å². The quantitative estimate of drug-likeness (QED) is 0.804. The van der Waals surface area contributed by atoms with Crippen LogP contribution in [-0.4, -0.2) is 10.2 Å². The summed E-state index contributed by atoms with van der Waals surface area (Å²) < 4.78 is 7.31. The fourth-order valence-electron chi connectivity index (χ4n) is 0.848. The molecule has 0 radical (unpaired) electrons. The molecule has 0 saturated carbocycles. The number of rotatable bonds is 1. The van der Waals surface area contributed by atoms with Crippen LogP contribution in [0.15, 0.2) is 18.7 Å². The minimum atomic E-state index is 0.564. The molecule has 3 nitrogen and oxygen atoms in total. The summed E-state index contributed by atoms with van der Waals surface area (Å²) >= 11 is 8.35. The van der Waals surface area contributed by atoms with E-state index in [9.17, 15) is 0 Å². The smallest absolute Gasteiger partial charge is 0.257 e. The molecule has 6 heteroatoms. The predicted octanol–water partition coefficient (Wildman–Crippen LogP) is 3.63. The molecule has 0 spiro atoms. The molecule has 0 fully saturated rings. The van der Waals surface area contributed by atoms with E-state index in [0.29, 0.717) is 11.8 Å². The number of nitrogens with zero attached hydrogens (tertiary/aromatic N) is 2. The fraction of sp³-hybridized carbons (Fsp3) is 0.143. The van der Waals surface area contributed by atoms with Gasteiger partial charge in [-0.3, -0.25) is 0 Å². The molecule has 0 N–H and O–H groups in total. The Bertz CT molecular complexity index is 418. The van der Waals surface area contributed by atoms with Gasteiger partial charge in [0.1, 0.15) is 0 Å². The molecule has 0 unspecified atom stereocenters. The minimum absolute atomic E-state index is 0.564. The third-order valence-electron chi connectivity index (χ3n) is 1.38. The van der Waals surface area contributed by atoms with Crippen LogP contribution in [0.2, 0.25) is 0 Å². The zero-order chi connectivity index (χ0) is 9.42. The Morgan fingerprint density at radius 3 is 2.62 bits per heavy atom. The third kappa shape index (κ3) is 1.84. The molecule has 13 heavy (non-hydrogen) atoms. The summed E-state index contributed by atoms with van der Waals surface area (Å²) in [6.07, 6.45) is 0. The van der Waals surface area contributed by atoms with Crippen molar-refractivity contribution < 1.29 is 4.42 Å². The number of aryl methyl sites for hydroxylation is 1. The summed E-state index contributed by atoms with van der Waals surface area (Å²) in [5.74, 6) is 1.14. The van der Waals surface area contributed by atoms with Crippen molar-refractivity contribution in [3.63, 3.8) is 0 Å². The lowest BCUT2D eigenvalue weighted by molar-refractivity contribution is 0.534. The van der Waals surface area contributed by atoms with Gasteiger partial charge < -0.3 is 4.42 Å². The number of thiophene rings is 1.